The van der Waals surface area contributed by atoms with Crippen LogP contribution in [0.4, 0.5) is 0 Å². The van der Waals surface area contributed by atoms with Crippen LogP contribution in [0.5, 0.6) is 0 Å². The zero-order valence-electron chi connectivity index (χ0n) is 10.9. The third-order valence-electron chi connectivity index (χ3n) is 5.78. The smallest absolute Gasteiger partial charge is 0.108 e. The van der Waals surface area contributed by atoms with Crippen molar-refractivity contribution < 1.29 is 5.11 Å². The lowest BCUT2D eigenvalue weighted by Gasteiger charge is -2.57. The summed E-state index contributed by atoms with van der Waals surface area (Å²) in [5.74, 6) is 2.86. The molecule has 4 bridgehead atoms. The maximum absolute atomic E-state index is 11.4. The Labute approximate surface area is 109 Å². The second-order valence-corrected chi connectivity index (χ2v) is 7.00. The zero-order valence-corrected chi connectivity index (χ0v) is 10.9. The predicted octanol–water partition coefficient (Wildman–Crippen LogP) is 4.08. The van der Waals surface area contributed by atoms with Gasteiger partial charge in [-0.2, -0.15) is 0 Å². The molecular formula is C17H21O. The van der Waals surface area contributed by atoms with Gasteiger partial charge in [-0.1, -0.05) is 24.3 Å². The molecule has 0 unspecified atom stereocenters. The lowest BCUT2D eigenvalue weighted by atomic mass is 9.47. The molecule has 95 valence electrons. The quantitative estimate of drug-likeness (QED) is 0.743. The first-order valence-electron chi connectivity index (χ1n) is 7.45. The van der Waals surface area contributed by atoms with E-state index < -0.39 is 0 Å². The molecule has 5 rings (SSSR count). The molecule has 0 heterocycles. The Morgan fingerprint density at radius 1 is 0.944 bits per heavy atom. The highest BCUT2D eigenvalue weighted by molar-refractivity contribution is 5.36. The Balaban J connectivity index is 1.79. The molecule has 0 amide bonds. The summed E-state index contributed by atoms with van der Waals surface area (Å²) in [6.07, 6.45) is 8.48. The summed E-state index contributed by atoms with van der Waals surface area (Å²) < 4.78 is 0. The van der Waals surface area contributed by atoms with Crippen molar-refractivity contribution >= 4 is 0 Å². The van der Waals surface area contributed by atoms with Crippen LogP contribution in [0.15, 0.2) is 24.3 Å². The van der Waals surface area contributed by atoms with Gasteiger partial charge in [-0.05, 0) is 72.8 Å². The summed E-state index contributed by atoms with van der Waals surface area (Å²) in [6, 6.07) is 8.46. The number of benzene rings is 1. The molecule has 4 saturated carbocycles. The fraction of sp³-hybridized carbons (Fsp3) is 0.647. The molecule has 4 fully saturated rings. The van der Waals surface area contributed by atoms with Gasteiger partial charge in [-0.25, -0.2) is 5.11 Å². The van der Waals surface area contributed by atoms with Crippen molar-refractivity contribution in [1.82, 2.24) is 0 Å². The third-order valence-corrected chi connectivity index (χ3v) is 5.78. The summed E-state index contributed by atoms with van der Waals surface area (Å²) in [4.78, 5) is 0. The Kier molecular flexibility index (Phi) is 2.35. The molecule has 1 aromatic rings. The van der Waals surface area contributed by atoms with Crippen LogP contribution in [0.3, 0.4) is 0 Å². The van der Waals surface area contributed by atoms with Crippen molar-refractivity contribution in [1.29, 1.82) is 0 Å². The van der Waals surface area contributed by atoms with Crippen molar-refractivity contribution in [2.45, 2.75) is 50.5 Å². The van der Waals surface area contributed by atoms with E-state index in [0.717, 1.165) is 23.3 Å². The highest BCUT2D eigenvalue weighted by Gasteiger charge is 2.51. The van der Waals surface area contributed by atoms with Crippen LogP contribution >= 0.6 is 0 Å². The average molecular weight is 241 g/mol. The first-order valence-corrected chi connectivity index (χ1v) is 7.45. The largest absolute Gasteiger partial charge is 0.232 e. The first-order chi connectivity index (χ1) is 8.79. The minimum atomic E-state index is -0.0437. The van der Waals surface area contributed by atoms with Gasteiger partial charge in [0.25, 0.3) is 0 Å². The van der Waals surface area contributed by atoms with Gasteiger partial charge in [0.2, 0.25) is 0 Å². The van der Waals surface area contributed by atoms with Crippen molar-refractivity contribution in [3.63, 3.8) is 0 Å². The predicted molar refractivity (Wildman–Crippen MR) is 70.7 cm³/mol. The van der Waals surface area contributed by atoms with Crippen LogP contribution in [0, 0.1) is 17.8 Å². The number of hydrogen-bond acceptors (Lipinski definition) is 0. The normalized spacial score (nSPS) is 41.3. The Hall–Kier alpha value is -0.820. The topological polar surface area (TPSA) is 19.9 Å². The van der Waals surface area contributed by atoms with E-state index in [4.69, 9.17) is 0 Å². The lowest BCUT2D eigenvalue weighted by Crippen LogP contribution is -2.48. The van der Waals surface area contributed by atoms with E-state index >= 15 is 0 Å². The summed E-state index contributed by atoms with van der Waals surface area (Å²) in [7, 11) is 0. The minimum absolute atomic E-state index is 0.0437. The molecular weight excluding hydrogens is 220 g/mol. The maximum Gasteiger partial charge on any atom is 0.108 e. The molecule has 0 atom stereocenters. The summed E-state index contributed by atoms with van der Waals surface area (Å²) >= 11 is 0. The molecule has 4 aliphatic carbocycles. The van der Waals surface area contributed by atoms with Crippen molar-refractivity contribution in [3.8, 4) is 0 Å². The molecule has 4 aliphatic rings. The van der Waals surface area contributed by atoms with E-state index in [-0.39, 0.29) is 6.61 Å². The van der Waals surface area contributed by atoms with Gasteiger partial charge in [0.1, 0.15) is 6.61 Å². The molecule has 0 saturated heterocycles. The van der Waals surface area contributed by atoms with Gasteiger partial charge >= 0.3 is 0 Å². The molecule has 1 aromatic carbocycles. The van der Waals surface area contributed by atoms with Crippen LogP contribution in [-0.2, 0) is 17.1 Å². The summed E-state index contributed by atoms with van der Waals surface area (Å²) in [6.45, 7) is -0.0437. The van der Waals surface area contributed by atoms with Crippen molar-refractivity contribution in [2.75, 3.05) is 0 Å². The van der Waals surface area contributed by atoms with Gasteiger partial charge in [0.05, 0.1) is 0 Å². The van der Waals surface area contributed by atoms with Gasteiger partial charge in [-0.3, -0.25) is 0 Å². The minimum Gasteiger partial charge on any atom is -0.232 e. The SMILES string of the molecule is [O]Cc1ccccc1C12CC3CC(CC(C3)C1)C2. The van der Waals surface area contributed by atoms with Crippen LogP contribution in [0.25, 0.3) is 0 Å². The van der Waals surface area contributed by atoms with E-state index in [0.29, 0.717) is 5.41 Å². The van der Waals surface area contributed by atoms with E-state index in [1.165, 1.54) is 44.1 Å². The lowest BCUT2D eigenvalue weighted by molar-refractivity contribution is -0.00635. The molecule has 1 heteroatoms. The monoisotopic (exact) mass is 241 g/mol. The van der Waals surface area contributed by atoms with Gasteiger partial charge in [0, 0.05) is 0 Å². The molecule has 1 nitrogen and oxygen atoms in total. The van der Waals surface area contributed by atoms with Crippen molar-refractivity contribution in [2.24, 2.45) is 17.8 Å². The number of hydrogen-bond donors (Lipinski definition) is 0. The third kappa shape index (κ3) is 1.50. The first kappa shape index (κ1) is 11.0. The van der Waals surface area contributed by atoms with E-state index in [1.54, 1.807) is 0 Å². The average Bonchev–Trinajstić information content (AvgIpc) is 2.37. The fourth-order valence-corrected chi connectivity index (χ4v) is 5.60. The second kappa shape index (κ2) is 3.84. The molecule has 1 radical (unpaired) electrons. The van der Waals surface area contributed by atoms with E-state index in [2.05, 4.69) is 18.2 Å². The van der Waals surface area contributed by atoms with Gasteiger partial charge < -0.3 is 0 Å². The molecule has 0 N–H and O–H groups in total. The van der Waals surface area contributed by atoms with E-state index in [1.807, 2.05) is 6.07 Å². The Bertz CT molecular complexity index is 427. The fourth-order valence-electron chi connectivity index (χ4n) is 5.60. The number of rotatable bonds is 2. The van der Waals surface area contributed by atoms with E-state index in [9.17, 15) is 5.11 Å². The zero-order chi connectivity index (χ0) is 12.2. The highest BCUT2D eigenvalue weighted by atomic mass is 16.3. The van der Waals surface area contributed by atoms with Crippen LogP contribution < -0.4 is 0 Å². The molecule has 0 spiro atoms. The highest BCUT2D eigenvalue weighted by Crippen LogP contribution is 2.61. The Morgan fingerprint density at radius 3 is 2.06 bits per heavy atom. The Morgan fingerprint density at radius 2 is 1.50 bits per heavy atom. The summed E-state index contributed by atoms with van der Waals surface area (Å²) in [5, 5.41) is 11.4. The van der Waals surface area contributed by atoms with Crippen LogP contribution in [0.2, 0.25) is 0 Å². The van der Waals surface area contributed by atoms with Gasteiger partial charge in [-0.15, -0.1) is 0 Å². The summed E-state index contributed by atoms with van der Waals surface area (Å²) in [5.41, 5.74) is 2.87. The van der Waals surface area contributed by atoms with Crippen molar-refractivity contribution in [3.05, 3.63) is 35.4 Å². The molecule has 0 aliphatic heterocycles. The van der Waals surface area contributed by atoms with Crippen LogP contribution in [0.1, 0.15) is 49.7 Å². The molecule has 0 aromatic heterocycles. The van der Waals surface area contributed by atoms with Gasteiger partial charge in [0.15, 0.2) is 0 Å². The standard InChI is InChI=1S/C17H21O/c18-11-15-3-1-2-4-16(15)17-8-12-5-13(9-17)7-14(6-12)10-17/h1-4,12-14H,5-11H2. The second-order valence-electron chi connectivity index (χ2n) is 7.00. The maximum atomic E-state index is 11.4. The molecule has 18 heavy (non-hydrogen) atoms. The van der Waals surface area contributed by atoms with Crippen LogP contribution in [-0.4, -0.2) is 0 Å².